The van der Waals surface area contributed by atoms with Crippen molar-refractivity contribution < 1.29 is 4.79 Å². The van der Waals surface area contributed by atoms with Crippen LogP contribution >= 0.6 is 0 Å². The molecule has 1 aliphatic heterocycles. The maximum atomic E-state index is 12.6. The number of carbonyl (C=O) groups is 1. The van der Waals surface area contributed by atoms with Gasteiger partial charge in [0.25, 0.3) is 0 Å². The topological polar surface area (TPSA) is 54.0 Å². The van der Waals surface area contributed by atoms with Gasteiger partial charge in [0.15, 0.2) is 0 Å². The Morgan fingerprint density at radius 3 is 3.00 bits per heavy atom. The van der Waals surface area contributed by atoms with Crippen molar-refractivity contribution in [3.63, 3.8) is 0 Å². The van der Waals surface area contributed by atoms with Crippen LogP contribution in [0.5, 0.6) is 0 Å². The summed E-state index contributed by atoms with van der Waals surface area (Å²) in [4.78, 5) is 16.9. The molecule has 1 aromatic carbocycles. The molecular weight excluding hydrogens is 274 g/mol. The standard InChI is InChI=1S/C18H21N3O/c22-18(17-11-12-5-1-2-7-14(12)20-17)21-16-9-3-8-15-13(16)6-4-10-19-15/h3-4,6,8-10,12,14,17,20H,1-2,5,7,11H2,(H,21,22). The van der Waals surface area contributed by atoms with Crippen LogP contribution in [-0.4, -0.2) is 23.0 Å². The van der Waals surface area contributed by atoms with Gasteiger partial charge in [-0.15, -0.1) is 0 Å². The maximum Gasteiger partial charge on any atom is 0.241 e. The Balaban J connectivity index is 1.52. The highest BCUT2D eigenvalue weighted by molar-refractivity contribution is 6.02. The van der Waals surface area contributed by atoms with Crippen LogP contribution in [0.3, 0.4) is 0 Å². The molecule has 0 bridgehead atoms. The summed E-state index contributed by atoms with van der Waals surface area (Å²) in [6, 6.07) is 10.2. The number of nitrogens with one attached hydrogen (secondary N) is 2. The maximum absolute atomic E-state index is 12.6. The van der Waals surface area contributed by atoms with E-state index in [9.17, 15) is 4.79 Å². The zero-order valence-electron chi connectivity index (χ0n) is 12.6. The monoisotopic (exact) mass is 295 g/mol. The molecule has 2 fully saturated rings. The molecule has 1 amide bonds. The first-order chi connectivity index (χ1) is 10.8. The second-order valence-corrected chi connectivity index (χ2v) is 6.47. The molecular formula is C18H21N3O. The summed E-state index contributed by atoms with van der Waals surface area (Å²) in [5.41, 5.74) is 1.76. The molecule has 2 aromatic rings. The van der Waals surface area contributed by atoms with E-state index < -0.39 is 0 Å². The molecule has 1 saturated heterocycles. The molecule has 3 unspecified atom stereocenters. The fourth-order valence-electron chi connectivity index (χ4n) is 3.95. The van der Waals surface area contributed by atoms with Crippen molar-refractivity contribution in [2.24, 2.45) is 5.92 Å². The minimum atomic E-state index is -0.0555. The lowest BCUT2D eigenvalue weighted by atomic mass is 9.85. The number of rotatable bonds is 2. The van der Waals surface area contributed by atoms with Crippen LogP contribution in [0.25, 0.3) is 10.9 Å². The highest BCUT2D eigenvalue weighted by Crippen LogP contribution is 2.33. The molecule has 4 heteroatoms. The fraction of sp³-hybridized carbons (Fsp3) is 0.444. The Morgan fingerprint density at radius 1 is 1.18 bits per heavy atom. The van der Waals surface area contributed by atoms with Gasteiger partial charge in [-0.25, -0.2) is 0 Å². The van der Waals surface area contributed by atoms with Gasteiger partial charge in [-0.3, -0.25) is 9.78 Å². The first kappa shape index (κ1) is 13.7. The van der Waals surface area contributed by atoms with Crippen LogP contribution in [0.15, 0.2) is 36.5 Å². The molecule has 2 N–H and O–H groups in total. The van der Waals surface area contributed by atoms with Gasteiger partial charge < -0.3 is 10.6 Å². The third-order valence-corrected chi connectivity index (χ3v) is 5.08. The minimum Gasteiger partial charge on any atom is -0.324 e. The lowest BCUT2D eigenvalue weighted by molar-refractivity contribution is -0.117. The van der Waals surface area contributed by atoms with Gasteiger partial charge in [0, 0.05) is 17.6 Å². The van der Waals surface area contributed by atoms with E-state index in [4.69, 9.17) is 0 Å². The summed E-state index contributed by atoms with van der Waals surface area (Å²) >= 11 is 0. The van der Waals surface area contributed by atoms with Crippen LogP contribution in [0.4, 0.5) is 5.69 Å². The third-order valence-electron chi connectivity index (χ3n) is 5.08. The first-order valence-electron chi connectivity index (χ1n) is 8.22. The highest BCUT2D eigenvalue weighted by atomic mass is 16.2. The summed E-state index contributed by atoms with van der Waals surface area (Å²) in [6.07, 6.45) is 7.83. The van der Waals surface area contributed by atoms with Gasteiger partial charge in [-0.05, 0) is 49.4 Å². The van der Waals surface area contributed by atoms with Gasteiger partial charge in [0.2, 0.25) is 5.91 Å². The van der Waals surface area contributed by atoms with Gasteiger partial charge >= 0.3 is 0 Å². The number of pyridine rings is 1. The number of aromatic nitrogens is 1. The Morgan fingerprint density at radius 2 is 2.09 bits per heavy atom. The van der Waals surface area contributed by atoms with E-state index >= 15 is 0 Å². The lowest BCUT2D eigenvalue weighted by Gasteiger charge is -2.24. The van der Waals surface area contributed by atoms with E-state index in [1.54, 1.807) is 6.20 Å². The van der Waals surface area contributed by atoms with Crippen molar-refractivity contribution in [1.82, 2.24) is 10.3 Å². The van der Waals surface area contributed by atoms with Crippen LogP contribution in [0, 0.1) is 5.92 Å². The average molecular weight is 295 g/mol. The summed E-state index contributed by atoms with van der Waals surface area (Å²) in [7, 11) is 0. The second-order valence-electron chi connectivity index (χ2n) is 6.47. The number of hydrogen-bond acceptors (Lipinski definition) is 3. The van der Waals surface area contributed by atoms with Crippen molar-refractivity contribution in [3.05, 3.63) is 36.5 Å². The van der Waals surface area contributed by atoms with Crippen LogP contribution < -0.4 is 10.6 Å². The van der Waals surface area contributed by atoms with E-state index in [1.807, 2.05) is 30.3 Å². The Labute approximate surface area is 130 Å². The Hall–Kier alpha value is -1.94. The molecule has 0 spiro atoms. The van der Waals surface area contributed by atoms with Crippen molar-refractivity contribution in [2.75, 3.05) is 5.32 Å². The van der Waals surface area contributed by atoms with Gasteiger partial charge in [-0.2, -0.15) is 0 Å². The molecule has 2 heterocycles. The van der Waals surface area contributed by atoms with E-state index in [2.05, 4.69) is 15.6 Å². The molecule has 3 atom stereocenters. The zero-order chi connectivity index (χ0) is 14.9. The van der Waals surface area contributed by atoms with Gasteiger partial charge in [0.1, 0.15) is 0 Å². The van der Waals surface area contributed by atoms with Crippen LogP contribution in [-0.2, 0) is 4.79 Å². The molecule has 4 rings (SSSR count). The molecule has 114 valence electrons. The normalized spacial score (nSPS) is 27.5. The summed E-state index contributed by atoms with van der Waals surface area (Å²) in [5, 5.41) is 7.62. The van der Waals surface area contributed by atoms with E-state index in [0.29, 0.717) is 12.0 Å². The first-order valence-corrected chi connectivity index (χ1v) is 8.22. The molecule has 22 heavy (non-hydrogen) atoms. The highest BCUT2D eigenvalue weighted by Gasteiger charge is 2.38. The molecule has 1 aromatic heterocycles. The molecule has 1 saturated carbocycles. The Kier molecular flexibility index (Phi) is 3.54. The number of nitrogens with zero attached hydrogens (tertiary/aromatic N) is 1. The van der Waals surface area contributed by atoms with Crippen molar-refractivity contribution >= 4 is 22.5 Å². The van der Waals surface area contributed by atoms with Crippen molar-refractivity contribution in [3.8, 4) is 0 Å². The summed E-state index contributed by atoms with van der Waals surface area (Å²) in [5.74, 6) is 0.768. The average Bonchev–Trinajstić information content (AvgIpc) is 2.99. The second kappa shape index (κ2) is 5.69. The number of carbonyl (C=O) groups excluding carboxylic acids is 1. The molecule has 2 aliphatic rings. The SMILES string of the molecule is O=C(Nc1cccc2ncccc12)C1CC2CCCCC2N1. The van der Waals surface area contributed by atoms with Gasteiger partial charge in [0.05, 0.1) is 17.2 Å². The third kappa shape index (κ3) is 2.48. The number of hydrogen-bond donors (Lipinski definition) is 2. The van der Waals surface area contributed by atoms with Crippen molar-refractivity contribution in [2.45, 2.75) is 44.2 Å². The smallest absolute Gasteiger partial charge is 0.241 e. The number of anilines is 1. The predicted molar refractivity (Wildman–Crippen MR) is 87.7 cm³/mol. The predicted octanol–water partition coefficient (Wildman–Crippen LogP) is 3.09. The Bertz CT molecular complexity index is 680. The minimum absolute atomic E-state index is 0.0555. The lowest BCUT2D eigenvalue weighted by Crippen LogP contribution is -2.39. The van der Waals surface area contributed by atoms with E-state index in [0.717, 1.165) is 23.0 Å². The molecule has 0 radical (unpaired) electrons. The number of fused-ring (bicyclic) bond motifs is 2. The van der Waals surface area contributed by atoms with Crippen molar-refractivity contribution in [1.29, 1.82) is 0 Å². The number of amides is 1. The molecule has 1 aliphatic carbocycles. The fourth-order valence-corrected chi connectivity index (χ4v) is 3.95. The van der Waals surface area contributed by atoms with Crippen LogP contribution in [0.1, 0.15) is 32.1 Å². The van der Waals surface area contributed by atoms with E-state index in [-0.39, 0.29) is 11.9 Å². The number of benzene rings is 1. The van der Waals surface area contributed by atoms with E-state index in [1.165, 1.54) is 25.7 Å². The molecule has 4 nitrogen and oxygen atoms in total. The summed E-state index contributed by atoms with van der Waals surface area (Å²) < 4.78 is 0. The largest absolute Gasteiger partial charge is 0.324 e. The summed E-state index contributed by atoms with van der Waals surface area (Å²) in [6.45, 7) is 0. The van der Waals surface area contributed by atoms with Crippen LogP contribution in [0.2, 0.25) is 0 Å². The zero-order valence-corrected chi connectivity index (χ0v) is 12.6. The van der Waals surface area contributed by atoms with Gasteiger partial charge in [-0.1, -0.05) is 18.9 Å². The quantitative estimate of drug-likeness (QED) is 0.895.